The molecule has 0 spiro atoms. The molecule has 4 aromatic rings. The molecule has 2 aromatic carbocycles. The van der Waals surface area contributed by atoms with Crippen LogP contribution in [0.25, 0.3) is 16.6 Å². The van der Waals surface area contributed by atoms with E-state index < -0.39 is 15.4 Å². The fourth-order valence-corrected chi connectivity index (χ4v) is 6.04. The van der Waals surface area contributed by atoms with Crippen LogP contribution in [0.15, 0.2) is 51.1 Å². The zero-order valence-corrected chi connectivity index (χ0v) is 20.2. The molecule has 1 aliphatic heterocycles. The first-order chi connectivity index (χ1) is 16.6. The SMILES string of the molecule is Cc1ccc(S(=O)(=O)c2n[nH]n3c2nc(=O)c2ccc(N4CCN(CC(N)=O)CC4)cc23)c(C)c1. The topological polar surface area (TPSA) is 147 Å². The van der Waals surface area contributed by atoms with Gasteiger partial charge in [0, 0.05) is 31.9 Å². The predicted octanol–water partition coefficient (Wildman–Crippen LogP) is 0.628. The molecule has 2 aromatic heterocycles. The van der Waals surface area contributed by atoms with Crippen molar-refractivity contribution in [3.8, 4) is 0 Å². The minimum absolute atomic E-state index is 0.0501. The summed E-state index contributed by atoms with van der Waals surface area (Å²) in [6, 6.07) is 10.4. The summed E-state index contributed by atoms with van der Waals surface area (Å²) in [5.74, 6) is -0.357. The number of nitrogens with zero attached hydrogens (tertiary/aromatic N) is 5. The molecule has 3 heterocycles. The molecule has 0 radical (unpaired) electrons. The number of nitrogens with two attached hydrogens (primary N) is 1. The van der Waals surface area contributed by atoms with Gasteiger partial charge in [-0.2, -0.15) is 4.98 Å². The maximum absolute atomic E-state index is 13.4. The first-order valence-electron chi connectivity index (χ1n) is 11.1. The van der Waals surface area contributed by atoms with Gasteiger partial charge in [-0.15, -0.1) is 5.10 Å². The molecule has 0 unspecified atom stereocenters. The Balaban J connectivity index is 1.57. The zero-order chi connectivity index (χ0) is 24.9. The number of sulfone groups is 1. The number of hydrogen-bond acceptors (Lipinski definition) is 8. The Hall–Kier alpha value is -3.77. The van der Waals surface area contributed by atoms with Crippen LogP contribution in [-0.2, 0) is 14.6 Å². The smallest absolute Gasteiger partial charge is 0.281 e. The monoisotopic (exact) mass is 495 g/mol. The van der Waals surface area contributed by atoms with Crippen molar-refractivity contribution in [1.29, 1.82) is 0 Å². The number of primary amides is 1. The summed E-state index contributed by atoms with van der Waals surface area (Å²) in [5.41, 5.74) is 7.59. The Morgan fingerprint density at radius 2 is 1.83 bits per heavy atom. The number of aryl methyl sites for hydroxylation is 2. The Morgan fingerprint density at radius 3 is 2.51 bits per heavy atom. The van der Waals surface area contributed by atoms with Crippen molar-refractivity contribution >= 4 is 38.0 Å². The molecule has 12 heteroatoms. The number of amides is 1. The van der Waals surface area contributed by atoms with Crippen LogP contribution in [0.4, 0.5) is 5.69 Å². The molecule has 0 aliphatic carbocycles. The highest BCUT2D eigenvalue weighted by Gasteiger charge is 2.28. The first kappa shape index (κ1) is 23.0. The summed E-state index contributed by atoms with van der Waals surface area (Å²) in [7, 11) is -4.02. The van der Waals surface area contributed by atoms with E-state index in [-0.39, 0.29) is 28.0 Å². The van der Waals surface area contributed by atoms with Gasteiger partial charge < -0.3 is 10.6 Å². The molecular formula is C23H25N7O4S. The van der Waals surface area contributed by atoms with Gasteiger partial charge in [0.2, 0.25) is 20.8 Å². The highest BCUT2D eigenvalue weighted by molar-refractivity contribution is 7.91. The largest absolute Gasteiger partial charge is 0.369 e. The third-order valence-corrected chi connectivity index (χ3v) is 8.13. The molecule has 1 saturated heterocycles. The van der Waals surface area contributed by atoms with Crippen LogP contribution in [0.2, 0.25) is 0 Å². The van der Waals surface area contributed by atoms with Crippen molar-refractivity contribution in [2.24, 2.45) is 5.73 Å². The summed E-state index contributed by atoms with van der Waals surface area (Å²) in [4.78, 5) is 32.3. The lowest BCUT2D eigenvalue weighted by Crippen LogP contribution is -2.48. The molecule has 0 saturated carbocycles. The van der Waals surface area contributed by atoms with Gasteiger partial charge in [-0.05, 0) is 43.7 Å². The molecule has 0 atom stereocenters. The summed E-state index contributed by atoms with van der Waals surface area (Å²) in [5, 5.41) is 6.84. The number of piperazine rings is 1. The molecule has 1 aliphatic rings. The van der Waals surface area contributed by atoms with Gasteiger partial charge >= 0.3 is 0 Å². The number of benzene rings is 2. The number of nitrogens with one attached hydrogen (secondary N) is 1. The van der Waals surface area contributed by atoms with E-state index >= 15 is 0 Å². The summed E-state index contributed by atoms with van der Waals surface area (Å²) < 4.78 is 28.3. The Labute approximate surface area is 201 Å². The summed E-state index contributed by atoms with van der Waals surface area (Å²) in [6.07, 6.45) is 0. The zero-order valence-electron chi connectivity index (χ0n) is 19.4. The molecule has 1 amide bonds. The predicted molar refractivity (Wildman–Crippen MR) is 130 cm³/mol. The van der Waals surface area contributed by atoms with Gasteiger partial charge in [0.05, 0.1) is 22.3 Å². The number of aromatic nitrogens is 4. The maximum Gasteiger partial charge on any atom is 0.281 e. The fourth-order valence-electron chi connectivity index (χ4n) is 4.56. The Kier molecular flexibility index (Phi) is 5.56. The number of hydrogen-bond donors (Lipinski definition) is 2. The third kappa shape index (κ3) is 4.04. The average Bonchev–Trinajstić information content (AvgIpc) is 3.23. The third-order valence-electron chi connectivity index (χ3n) is 6.31. The highest BCUT2D eigenvalue weighted by Crippen LogP contribution is 2.27. The van der Waals surface area contributed by atoms with Crippen LogP contribution in [0.5, 0.6) is 0 Å². The molecule has 11 nitrogen and oxygen atoms in total. The van der Waals surface area contributed by atoms with Crippen molar-refractivity contribution in [2.45, 2.75) is 23.8 Å². The van der Waals surface area contributed by atoms with Gasteiger partial charge in [0.15, 0.2) is 5.65 Å². The summed E-state index contributed by atoms with van der Waals surface area (Å²) >= 11 is 0. The van der Waals surface area contributed by atoms with E-state index in [1.54, 1.807) is 31.2 Å². The minimum Gasteiger partial charge on any atom is -0.369 e. The molecule has 5 rings (SSSR count). The Morgan fingerprint density at radius 1 is 1.09 bits per heavy atom. The van der Waals surface area contributed by atoms with Gasteiger partial charge in [-0.1, -0.05) is 17.7 Å². The summed E-state index contributed by atoms with van der Waals surface area (Å²) in [6.45, 7) is 6.53. The second kappa shape index (κ2) is 8.47. The Bertz CT molecular complexity index is 1630. The van der Waals surface area contributed by atoms with E-state index in [9.17, 15) is 18.0 Å². The van der Waals surface area contributed by atoms with Crippen LogP contribution >= 0.6 is 0 Å². The van der Waals surface area contributed by atoms with Gasteiger partial charge in [-0.25, -0.2) is 18.1 Å². The van der Waals surface area contributed by atoms with E-state index in [0.717, 1.165) is 11.3 Å². The lowest BCUT2D eigenvalue weighted by Gasteiger charge is -2.35. The van der Waals surface area contributed by atoms with E-state index in [1.165, 1.54) is 4.52 Å². The van der Waals surface area contributed by atoms with Crippen molar-refractivity contribution in [2.75, 3.05) is 37.6 Å². The van der Waals surface area contributed by atoms with Crippen molar-refractivity contribution in [3.05, 3.63) is 57.9 Å². The van der Waals surface area contributed by atoms with Crippen molar-refractivity contribution < 1.29 is 13.2 Å². The number of H-pyrrole nitrogens is 1. The number of carbonyl (C=O) groups is 1. The second-order valence-corrected chi connectivity index (χ2v) is 10.6. The van der Waals surface area contributed by atoms with Crippen LogP contribution in [-0.4, -0.2) is 71.8 Å². The normalized spacial score (nSPS) is 15.2. The average molecular weight is 496 g/mol. The highest BCUT2D eigenvalue weighted by atomic mass is 32.2. The number of fused-ring (bicyclic) bond motifs is 3. The second-order valence-electron chi connectivity index (χ2n) is 8.80. The van der Waals surface area contributed by atoms with Crippen molar-refractivity contribution in [3.63, 3.8) is 0 Å². The molecule has 1 fully saturated rings. The van der Waals surface area contributed by atoms with E-state index in [2.05, 4.69) is 20.2 Å². The van der Waals surface area contributed by atoms with Crippen molar-refractivity contribution in [1.82, 2.24) is 24.7 Å². The van der Waals surface area contributed by atoms with Crippen LogP contribution in [0.1, 0.15) is 11.1 Å². The van der Waals surface area contributed by atoms with E-state index in [4.69, 9.17) is 5.73 Å². The van der Waals surface area contributed by atoms with E-state index in [0.29, 0.717) is 42.6 Å². The molecule has 0 bridgehead atoms. The quantitative estimate of drug-likeness (QED) is 0.410. The molecule has 182 valence electrons. The van der Waals surface area contributed by atoms with Crippen LogP contribution < -0.4 is 16.2 Å². The number of aromatic amines is 1. The van der Waals surface area contributed by atoms with Gasteiger partial charge in [0.25, 0.3) is 5.56 Å². The number of anilines is 1. The standard InChI is InChI=1S/C23H25N7O4S/c1-14-3-6-19(15(2)11-14)35(33,34)23-21-25-22(32)17-5-4-16(12-18(17)30(21)27-26-23)29-9-7-28(8-10-29)13-20(24)31/h3-6,11-12,27H,7-10,13H2,1-2H3,(H2,24,31). The van der Waals surface area contributed by atoms with E-state index in [1.807, 2.05) is 24.0 Å². The lowest BCUT2D eigenvalue weighted by atomic mass is 10.2. The molecule has 35 heavy (non-hydrogen) atoms. The molecule has 3 N–H and O–H groups in total. The number of rotatable bonds is 5. The molecular weight excluding hydrogens is 470 g/mol. The van der Waals surface area contributed by atoms with Crippen LogP contribution in [0.3, 0.4) is 0 Å². The number of carbonyl (C=O) groups excluding carboxylic acids is 1. The first-order valence-corrected chi connectivity index (χ1v) is 12.6. The maximum atomic E-state index is 13.4. The van der Waals surface area contributed by atoms with Crippen LogP contribution in [0, 0.1) is 13.8 Å². The van der Waals surface area contributed by atoms with Gasteiger partial charge in [-0.3, -0.25) is 14.5 Å². The fraction of sp³-hybridized carbons (Fsp3) is 0.304. The lowest BCUT2D eigenvalue weighted by molar-refractivity contribution is -0.119. The van der Waals surface area contributed by atoms with Gasteiger partial charge in [0.1, 0.15) is 0 Å². The minimum atomic E-state index is -4.02.